The number of pyridine rings is 1. The van der Waals surface area contributed by atoms with Crippen LogP contribution in [0.15, 0.2) is 30.3 Å². The molecular formula is C26H29F3N2O6. The number of carboxylic acid groups (broad SMARTS) is 1. The van der Waals surface area contributed by atoms with Gasteiger partial charge in [-0.2, -0.15) is 18.3 Å². The van der Waals surface area contributed by atoms with Gasteiger partial charge in [-0.25, -0.2) is 9.31 Å². The zero-order valence-corrected chi connectivity index (χ0v) is 20.7. The van der Waals surface area contributed by atoms with Crippen LogP contribution in [0, 0.1) is 6.92 Å². The van der Waals surface area contributed by atoms with E-state index in [9.17, 15) is 28.2 Å². The summed E-state index contributed by atoms with van der Waals surface area (Å²) in [6.07, 6.45) is -3.06. The average Bonchev–Trinajstić information content (AvgIpc) is 3.51. The van der Waals surface area contributed by atoms with Gasteiger partial charge in [0, 0.05) is 12.0 Å². The molecule has 1 aliphatic carbocycles. The molecule has 0 radical (unpaired) electrons. The Kier molecular flexibility index (Phi) is 7.65. The first-order valence-corrected chi connectivity index (χ1v) is 11.9. The average molecular weight is 523 g/mol. The molecule has 2 heterocycles. The minimum atomic E-state index is -4.72. The second kappa shape index (κ2) is 10.6. The molecule has 2 atom stereocenters. The molecule has 1 saturated carbocycles. The number of halogens is 3. The molecule has 2 N–H and O–H groups in total. The van der Waals surface area contributed by atoms with Gasteiger partial charge >= 0.3 is 12.1 Å². The van der Waals surface area contributed by atoms with Gasteiger partial charge in [0.1, 0.15) is 17.6 Å². The molecule has 11 heteroatoms. The van der Waals surface area contributed by atoms with E-state index in [1.54, 1.807) is 12.1 Å². The minimum Gasteiger partial charge on any atom is -0.496 e. The monoisotopic (exact) mass is 522 g/mol. The van der Waals surface area contributed by atoms with Crippen LogP contribution in [0.1, 0.15) is 64.7 Å². The summed E-state index contributed by atoms with van der Waals surface area (Å²) in [6, 6.07) is 6.17. The normalized spacial score (nSPS) is 16.2. The van der Waals surface area contributed by atoms with Crippen molar-refractivity contribution >= 4 is 11.5 Å². The van der Waals surface area contributed by atoms with E-state index in [0.717, 1.165) is 41.8 Å². The number of alkyl halides is 3. The molecule has 0 aliphatic heterocycles. The molecule has 3 aromatic rings. The predicted octanol–water partition coefficient (Wildman–Crippen LogP) is 4.98. The molecule has 8 nitrogen and oxygen atoms in total. The molecular weight excluding hydrogens is 493 g/mol. The lowest BCUT2D eigenvalue weighted by atomic mass is 9.98. The third-order valence-corrected chi connectivity index (χ3v) is 6.71. The largest absolute Gasteiger partial charge is 0.496 e. The number of aromatic nitrogens is 2. The SMILES string of the molecule is COc1cc([C@@H](O)[C@H](Cc2cc3cc(C(F)(F)F)cc(C(=O)O)n3n2)OC2CCCC2)cc(OC)c1C. The fraction of sp³-hybridized carbons (Fsp3) is 0.462. The maximum Gasteiger partial charge on any atom is 0.416 e. The highest BCUT2D eigenvalue weighted by molar-refractivity contribution is 5.87. The number of rotatable bonds is 9. The van der Waals surface area contributed by atoms with Gasteiger partial charge in [0.15, 0.2) is 5.69 Å². The van der Waals surface area contributed by atoms with Crippen LogP contribution in [0.2, 0.25) is 0 Å². The fourth-order valence-corrected chi connectivity index (χ4v) is 4.77. The minimum absolute atomic E-state index is 0.0185. The van der Waals surface area contributed by atoms with Crippen LogP contribution in [0.25, 0.3) is 5.52 Å². The second-order valence-corrected chi connectivity index (χ2v) is 9.18. The molecule has 1 aliphatic rings. The highest BCUT2D eigenvalue weighted by Gasteiger charge is 2.33. The molecule has 4 rings (SSSR count). The highest BCUT2D eigenvalue weighted by Crippen LogP contribution is 2.36. The number of ether oxygens (including phenoxy) is 3. The van der Waals surface area contributed by atoms with Crippen molar-refractivity contribution in [2.75, 3.05) is 14.2 Å². The van der Waals surface area contributed by atoms with Crippen molar-refractivity contribution in [3.05, 3.63) is 58.4 Å². The molecule has 37 heavy (non-hydrogen) atoms. The van der Waals surface area contributed by atoms with E-state index in [4.69, 9.17) is 14.2 Å². The van der Waals surface area contributed by atoms with Gasteiger partial charge < -0.3 is 24.4 Å². The maximum absolute atomic E-state index is 13.4. The number of aliphatic hydroxyl groups is 1. The van der Waals surface area contributed by atoms with E-state index in [2.05, 4.69) is 5.10 Å². The molecule has 1 aromatic carbocycles. The third kappa shape index (κ3) is 5.67. The number of hydrogen-bond donors (Lipinski definition) is 2. The van der Waals surface area contributed by atoms with Crippen LogP contribution in [-0.2, 0) is 17.3 Å². The molecule has 1 fully saturated rings. The Morgan fingerprint density at radius 1 is 1.11 bits per heavy atom. The number of carboxylic acids is 1. The lowest BCUT2D eigenvalue weighted by molar-refractivity contribution is -0.137. The summed E-state index contributed by atoms with van der Waals surface area (Å²) in [5, 5.41) is 25.1. The second-order valence-electron chi connectivity index (χ2n) is 9.18. The van der Waals surface area contributed by atoms with Gasteiger partial charge in [0.05, 0.1) is 43.2 Å². The van der Waals surface area contributed by atoms with Crippen molar-refractivity contribution in [1.82, 2.24) is 9.61 Å². The summed E-state index contributed by atoms with van der Waals surface area (Å²) >= 11 is 0. The molecule has 0 bridgehead atoms. The van der Waals surface area contributed by atoms with Crippen molar-refractivity contribution in [2.24, 2.45) is 0 Å². The number of hydrogen-bond acceptors (Lipinski definition) is 6. The Morgan fingerprint density at radius 2 is 1.73 bits per heavy atom. The van der Waals surface area contributed by atoms with Gasteiger partial charge in [-0.15, -0.1) is 0 Å². The van der Waals surface area contributed by atoms with Crippen LogP contribution in [0.4, 0.5) is 13.2 Å². The summed E-state index contributed by atoms with van der Waals surface area (Å²) in [5.41, 5.74) is -0.183. The predicted molar refractivity (Wildman–Crippen MR) is 127 cm³/mol. The number of carbonyl (C=O) groups is 1. The lowest BCUT2D eigenvalue weighted by Gasteiger charge is -2.27. The van der Waals surface area contributed by atoms with E-state index in [1.165, 1.54) is 20.3 Å². The maximum atomic E-state index is 13.4. The van der Waals surface area contributed by atoms with E-state index < -0.39 is 35.6 Å². The summed E-state index contributed by atoms with van der Waals surface area (Å²) in [5.74, 6) is -0.499. The Hall–Kier alpha value is -3.31. The van der Waals surface area contributed by atoms with Crippen molar-refractivity contribution in [3.63, 3.8) is 0 Å². The number of nitrogens with zero attached hydrogens (tertiary/aromatic N) is 2. The zero-order chi connectivity index (χ0) is 26.9. The number of benzene rings is 1. The Labute approximate surface area is 211 Å². The van der Waals surface area contributed by atoms with Gasteiger partial charge in [-0.1, -0.05) is 12.8 Å². The number of aliphatic hydroxyl groups excluding tert-OH is 1. The first kappa shape index (κ1) is 26.7. The standard InChI is InChI=1S/C26H29F3N2O6/c1-14-21(35-2)8-15(9-22(14)36-3)24(32)23(37-19-6-4-5-7-19)13-17-12-18-10-16(26(27,28)29)11-20(25(33)34)31(18)30-17/h8-12,19,23-24,32H,4-7,13H2,1-3H3,(H,33,34)/t23-,24+/m0/s1. The Balaban J connectivity index is 1.72. The summed E-state index contributed by atoms with van der Waals surface area (Å²) < 4.78 is 58.2. The smallest absolute Gasteiger partial charge is 0.416 e. The van der Waals surface area contributed by atoms with E-state index >= 15 is 0 Å². The fourth-order valence-electron chi connectivity index (χ4n) is 4.77. The van der Waals surface area contributed by atoms with Gasteiger partial charge in [0.2, 0.25) is 0 Å². The van der Waals surface area contributed by atoms with E-state index in [-0.39, 0.29) is 23.7 Å². The zero-order valence-electron chi connectivity index (χ0n) is 20.7. The van der Waals surface area contributed by atoms with E-state index in [0.29, 0.717) is 23.1 Å². The first-order chi connectivity index (χ1) is 17.5. The molecule has 0 amide bonds. The van der Waals surface area contributed by atoms with Crippen LogP contribution < -0.4 is 9.47 Å². The highest BCUT2D eigenvalue weighted by atomic mass is 19.4. The number of methoxy groups -OCH3 is 2. The molecule has 200 valence electrons. The van der Waals surface area contributed by atoms with Crippen molar-refractivity contribution < 1.29 is 42.4 Å². The van der Waals surface area contributed by atoms with Crippen LogP contribution in [-0.4, -0.2) is 52.2 Å². The first-order valence-electron chi connectivity index (χ1n) is 11.9. The molecule has 0 unspecified atom stereocenters. The molecule has 0 spiro atoms. The Bertz CT molecular complexity index is 1260. The lowest BCUT2D eigenvalue weighted by Crippen LogP contribution is -2.29. The molecule has 2 aromatic heterocycles. The topological polar surface area (TPSA) is 103 Å². The Morgan fingerprint density at radius 3 is 2.27 bits per heavy atom. The quantitative estimate of drug-likeness (QED) is 0.409. The van der Waals surface area contributed by atoms with Crippen molar-refractivity contribution in [1.29, 1.82) is 0 Å². The van der Waals surface area contributed by atoms with Crippen molar-refractivity contribution in [3.8, 4) is 11.5 Å². The number of aromatic carboxylic acids is 1. The van der Waals surface area contributed by atoms with Gasteiger partial charge in [0.25, 0.3) is 0 Å². The van der Waals surface area contributed by atoms with Crippen LogP contribution in [0.5, 0.6) is 11.5 Å². The summed E-state index contributed by atoms with van der Waals surface area (Å²) in [4.78, 5) is 11.7. The van der Waals surface area contributed by atoms with Crippen LogP contribution >= 0.6 is 0 Å². The summed E-state index contributed by atoms with van der Waals surface area (Å²) in [7, 11) is 3.02. The third-order valence-electron chi connectivity index (χ3n) is 6.71. The number of fused-ring (bicyclic) bond motifs is 1. The van der Waals surface area contributed by atoms with Gasteiger partial charge in [-0.05, 0) is 55.7 Å². The van der Waals surface area contributed by atoms with Crippen molar-refractivity contribution in [2.45, 2.75) is 63.5 Å². The molecule has 0 saturated heterocycles. The van der Waals surface area contributed by atoms with Crippen LogP contribution in [0.3, 0.4) is 0 Å². The van der Waals surface area contributed by atoms with E-state index in [1.807, 2.05) is 6.92 Å². The summed E-state index contributed by atoms with van der Waals surface area (Å²) in [6.45, 7) is 1.83. The van der Waals surface area contributed by atoms with Gasteiger partial charge in [-0.3, -0.25) is 0 Å².